The van der Waals surface area contributed by atoms with Gasteiger partial charge in [-0.25, -0.2) is 9.13 Å². The highest BCUT2D eigenvalue weighted by Gasteiger charge is 2.00. The number of hydrogen-bond acceptors (Lipinski definition) is 3. The Labute approximate surface area is 84.3 Å². The topological polar surface area (TPSA) is 193 Å². The van der Waals surface area contributed by atoms with Crippen LogP contribution < -0.4 is 0 Å². The lowest BCUT2D eigenvalue weighted by atomic mass is 10.5. The van der Waals surface area contributed by atoms with E-state index in [1.54, 1.807) is 6.92 Å². The Kier molecular flexibility index (Phi) is 12.0. The molecule has 10 nitrogen and oxygen atoms in total. The number of carboxylic acid groups (broad SMARTS) is 1. The van der Waals surface area contributed by atoms with Crippen LogP contribution in [0.1, 0.15) is 13.3 Å². The summed E-state index contributed by atoms with van der Waals surface area (Å²) in [5.41, 5.74) is 0. The second-order valence-electron chi connectivity index (χ2n) is 1.77. The average molecular weight is 270 g/mol. The number of carbonyl (C=O) groups is 1. The predicted octanol–water partition coefficient (Wildman–Crippen LogP) is -1.38. The van der Waals surface area contributed by atoms with Gasteiger partial charge in [0.05, 0.1) is 0 Å². The summed E-state index contributed by atoms with van der Waals surface area (Å²) >= 11 is 0. The van der Waals surface area contributed by atoms with Crippen LogP contribution in [0.4, 0.5) is 0 Å². The maximum atomic E-state index is 9.37. The summed E-state index contributed by atoms with van der Waals surface area (Å²) in [6.07, 6.45) is 0.222. The summed E-state index contributed by atoms with van der Waals surface area (Å²) < 4.78 is 17.8. The molecule has 0 radical (unpaired) electrons. The number of aliphatic carboxylic acids is 1. The van der Waals surface area contributed by atoms with Crippen LogP contribution in [-0.4, -0.2) is 40.4 Å². The third-order valence-corrected chi connectivity index (χ3v) is 0.302. The van der Waals surface area contributed by atoms with Gasteiger partial charge in [-0.2, -0.15) is 0 Å². The molecule has 0 aromatic carbocycles. The Bertz CT molecular complexity index is 211. The lowest BCUT2D eigenvalue weighted by molar-refractivity contribution is -0.136. The summed E-state index contributed by atoms with van der Waals surface area (Å²) in [4.78, 5) is 52.5. The van der Waals surface area contributed by atoms with Crippen molar-refractivity contribution in [1.82, 2.24) is 0 Å². The van der Waals surface area contributed by atoms with Crippen molar-refractivity contribution in [2.24, 2.45) is 0 Å². The van der Waals surface area contributed by atoms with Gasteiger partial charge in [0, 0.05) is 6.42 Å². The van der Waals surface area contributed by atoms with Crippen LogP contribution >= 0.6 is 15.6 Å². The number of carboxylic acids is 1. The standard InChI is InChI=1S/C3H6O2.2H3O4P/c1-2-3(4)5;2*1-5(2,3)4/h2H2,1H3,(H,4,5);2*(H3,1,2,3,4). The van der Waals surface area contributed by atoms with Crippen molar-refractivity contribution in [2.45, 2.75) is 13.3 Å². The molecule has 0 aliphatic carbocycles. The minimum Gasteiger partial charge on any atom is -0.481 e. The second-order valence-corrected chi connectivity index (χ2v) is 3.83. The average Bonchev–Trinajstić information content (AvgIpc) is 1.79. The van der Waals surface area contributed by atoms with Crippen molar-refractivity contribution in [3.05, 3.63) is 0 Å². The lowest BCUT2D eigenvalue weighted by Crippen LogP contribution is -1.86. The van der Waals surface area contributed by atoms with Crippen LogP contribution in [0.15, 0.2) is 0 Å². The first-order chi connectivity index (χ1) is 6.27. The van der Waals surface area contributed by atoms with Crippen LogP contribution in [0, 0.1) is 0 Å². The molecule has 0 aromatic heterocycles. The molecule has 0 saturated carbocycles. The number of phosphoric acid groups is 2. The molecule has 0 atom stereocenters. The van der Waals surface area contributed by atoms with Gasteiger partial charge in [0.25, 0.3) is 0 Å². The van der Waals surface area contributed by atoms with E-state index in [0.717, 1.165) is 0 Å². The SMILES string of the molecule is CCC(=O)O.O=P(O)(O)O.O=P(O)(O)O. The van der Waals surface area contributed by atoms with Gasteiger partial charge in [-0.15, -0.1) is 0 Å². The molecule has 0 rings (SSSR count). The minimum absolute atomic E-state index is 0.222. The summed E-state index contributed by atoms with van der Waals surface area (Å²) in [6, 6.07) is 0. The Hall–Kier alpha value is -0.310. The molecule has 0 aliphatic rings. The van der Waals surface area contributed by atoms with E-state index in [4.69, 9.17) is 43.6 Å². The molecule has 94 valence electrons. The van der Waals surface area contributed by atoms with Gasteiger partial charge in [-0.1, -0.05) is 6.92 Å². The first-order valence-corrected chi connectivity index (χ1v) is 6.18. The third-order valence-electron chi connectivity index (χ3n) is 0.302. The van der Waals surface area contributed by atoms with Crippen molar-refractivity contribution in [1.29, 1.82) is 0 Å². The molecule has 0 saturated heterocycles. The van der Waals surface area contributed by atoms with E-state index in [1.807, 2.05) is 0 Å². The number of rotatable bonds is 1. The lowest BCUT2D eigenvalue weighted by Gasteiger charge is -1.82. The molecule has 0 bridgehead atoms. The van der Waals surface area contributed by atoms with E-state index < -0.39 is 21.6 Å². The molecule has 15 heavy (non-hydrogen) atoms. The molecule has 0 aliphatic heterocycles. The van der Waals surface area contributed by atoms with Crippen molar-refractivity contribution in [3.63, 3.8) is 0 Å². The van der Waals surface area contributed by atoms with Crippen LogP contribution in [-0.2, 0) is 13.9 Å². The van der Waals surface area contributed by atoms with Gasteiger partial charge < -0.3 is 34.5 Å². The zero-order valence-electron chi connectivity index (χ0n) is 7.46. The summed E-state index contributed by atoms with van der Waals surface area (Å²) in [7, 11) is -9.28. The summed E-state index contributed by atoms with van der Waals surface area (Å²) in [5.74, 6) is -0.745. The monoisotopic (exact) mass is 270 g/mol. The number of hydrogen-bond donors (Lipinski definition) is 7. The maximum absolute atomic E-state index is 9.37. The zero-order valence-corrected chi connectivity index (χ0v) is 9.25. The molecule has 0 aromatic rings. The Morgan fingerprint density at radius 2 is 1.00 bits per heavy atom. The van der Waals surface area contributed by atoms with Gasteiger partial charge in [0.2, 0.25) is 0 Å². The van der Waals surface area contributed by atoms with Crippen molar-refractivity contribution >= 4 is 21.6 Å². The molecule has 7 N–H and O–H groups in total. The Balaban J connectivity index is -0.000000144. The van der Waals surface area contributed by atoms with Crippen LogP contribution in [0.25, 0.3) is 0 Å². The van der Waals surface area contributed by atoms with Gasteiger partial charge in [-0.05, 0) is 0 Å². The smallest absolute Gasteiger partial charge is 0.466 e. The highest BCUT2D eigenvalue weighted by molar-refractivity contribution is 7.45. The highest BCUT2D eigenvalue weighted by atomic mass is 31.2. The van der Waals surface area contributed by atoms with Gasteiger partial charge in [-0.3, -0.25) is 4.79 Å². The zero-order chi connectivity index (χ0) is 13.3. The highest BCUT2D eigenvalue weighted by Crippen LogP contribution is 2.26. The van der Waals surface area contributed by atoms with Crippen LogP contribution in [0.5, 0.6) is 0 Å². The molecule has 0 fully saturated rings. The molecular formula is C3H12O10P2. The first-order valence-electron chi connectivity index (χ1n) is 3.05. The maximum Gasteiger partial charge on any atom is 0.466 e. The van der Waals surface area contributed by atoms with Crippen molar-refractivity contribution in [3.8, 4) is 0 Å². The minimum atomic E-state index is -4.64. The third kappa shape index (κ3) is 655. The molecule has 0 unspecified atom stereocenters. The fourth-order valence-electron chi connectivity index (χ4n) is 0. The van der Waals surface area contributed by atoms with E-state index >= 15 is 0 Å². The normalized spacial score (nSPS) is 10.3. The quantitative estimate of drug-likeness (QED) is 0.279. The molecular weight excluding hydrogens is 258 g/mol. The van der Waals surface area contributed by atoms with Crippen molar-refractivity contribution < 1.29 is 48.4 Å². The van der Waals surface area contributed by atoms with E-state index in [1.165, 1.54) is 0 Å². The Morgan fingerprint density at radius 3 is 1.00 bits per heavy atom. The predicted molar refractivity (Wildman–Crippen MR) is 46.5 cm³/mol. The largest absolute Gasteiger partial charge is 0.481 e. The van der Waals surface area contributed by atoms with Gasteiger partial charge in [0.15, 0.2) is 0 Å². The van der Waals surface area contributed by atoms with E-state index in [-0.39, 0.29) is 6.42 Å². The molecule has 12 heteroatoms. The fraction of sp³-hybridized carbons (Fsp3) is 0.667. The molecule has 0 amide bonds. The molecule has 0 heterocycles. The van der Waals surface area contributed by atoms with Crippen molar-refractivity contribution in [2.75, 3.05) is 0 Å². The van der Waals surface area contributed by atoms with E-state index in [9.17, 15) is 4.79 Å². The van der Waals surface area contributed by atoms with E-state index in [2.05, 4.69) is 0 Å². The first kappa shape index (κ1) is 20.1. The fourth-order valence-corrected chi connectivity index (χ4v) is 0. The molecule has 0 spiro atoms. The Morgan fingerprint density at radius 1 is 0.933 bits per heavy atom. The summed E-state index contributed by atoms with van der Waals surface area (Å²) in [5, 5.41) is 7.72. The second kappa shape index (κ2) is 8.96. The van der Waals surface area contributed by atoms with Gasteiger partial charge in [0.1, 0.15) is 0 Å². The van der Waals surface area contributed by atoms with E-state index in [0.29, 0.717) is 0 Å². The summed E-state index contributed by atoms with van der Waals surface area (Å²) in [6.45, 7) is 1.60. The van der Waals surface area contributed by atoms with Gasteiger partial charge >= 0.3 is 21.6 Å². The van der Waals surface area contributed by atoms with Crippen LogP contribution in [0.3, 0.4) is 0 Å². The van der Waals surface area contributed by atoms with Crippen LogP contribution in [0.2, 0.25) is 0 Å².